The summed E-state index contributed by atoms with van der Waals surface area (Å²) in [5, 5.41) is 0. The first kappa shape index (κ1) is 15.6. The normalized spacial score (nSPS) is 22.6. The lowest BCUT2D eigenvalue weighted by Crippen LogP contribution is -2.20. The largest absolute Gasteiger partial charge is 0.454 e. The molecule has 0 amide bonds. The smallest absolute Gasteiger partial charge is 0.314 e. The predicted molar refractivity (Wildman–Crippen MR) is 99.1 cm³/mol. The third kappa shape index (κ3) is 2.96. The predicted octanol–water partition coefficient (Wildman–Crippen LogP) is 5.30. The first-order chi connectivity index (χ1) is 12.2. The van der Waals surface area contributed by atoms with E-state index in [1.54, 1.807) is 0 Å². The Morgan fingerprint density at radius 1 is 0.800 bits per heavy atom. The maximum Gasteiger partial charge on any atom is 0.314 e. The van der Waals surface area contributed by atoms with Gasteiger partial charge in [0.05, 0.1) is 5.92 Å². The van der Waals surface area contributed by atoms with E-state index in [0.717, 1.165) is 16.7 Å². The molecule has 0 spiro atoms. The van der Waals surface area contributed by atoms with E-state index in [1.807, 2.05) is 55.5 Å². The van der Waals surface area contributed by atoms with Gasteiger partial charge in [-0.2, -0.15) is 0 Å². The van der Waals surface area contributed by atoms with Gasteiger partial charge in [-0.3, -0.25) is 4.79 Å². The molecule has 1 heterocycles. The van der Waals surface area contributed by atoms with E-state index < -0.39 is 5.60 Å². The molecule has 1 aliphatic rings. The molecule has 0 radical (unpaired) electrons. The number of hydrogen-bond donors (Lipinski definition) is 0. The lowest BCUT2D eigenvalue weighted by molar-refractivity contribution is -0.148. The van der Waals surface area contributed by atoms with Gasteiger partial charge in [-0.05, 0) is 29.2 Å². The molecule has 2 heteroatoms. The molecule has 124 valence electrons. The Bertz CT molecular complexity index is 869. The van der Waals surface area contributed by atoms with Crippen molar-refractivity contribution in [3.63, 3.8) is 0 Å². The van der Waals surface area contributed by atoms with E-state index in [4.69, 9.17) is 4.74 Å². The Labute approximate surface area is 148 Å². The summed E-state index contributed by atoms with van der Waals surface area (Å²) in [6.45, 7) is 2.01. The standard InChI is InChI=1S/C23H20O2/c1-23(16-21(22(24)25-23)19-10-6-3-7-11-19)20-14-12-18(13-15-20)17-8-4-2-5-9-17/h2-15,21H,16H2,1H3/t21-,23+/m0/s1. The highest BCUT2D eigenvalue weighted by atomic mass is 16.6. The number of benzene rings is 3. The molecule has 1 fully saturated rings. The van der Waals surface area contributed by atoms with E-state index in [2.05, 4.69) is 36.4 Å². The average Bonchev–Trinajstić information content (AvgIpc) is 2.99. The molecule has 0 aromatic heterocycles. The van der Waals surface area contributed by atoms with E-state index >= 15 is 0 Å². The molecule has 25 heavy (non-hydrogen) atoms. The summed E-state index contributed by atoms with van der Waals surface area (Å²) in [4.78, 5) is 12.4. The molecule has 0 aliphatic carbocycles. The molecule has 1 saturated heterocycles. The third-order valence-corrected chi connectivity index (χ3v) is 5.01. The van der Waals surface area contributed by atoms with Gasteiger partial charge in [-0.15, -0.1) is 0 Å². The van der Waals surface area contributed by atoms with Crippen molar-refractivity contribution < 1.29 is 9.53 Å². The summed E-state index contributed by atoms with van der Waals surface area (Å²) in [5.74, 6) is -0.333. The number of rotatable bonds is 3. The van der Waals surface area contributed by atoms with Crippen LogP contribution in [0.15, 0.2) is 84.9 Å². The van der Waals surface area contributed by atoms with Crippen molar-refractivity contribution in [2.24, 2.45) is 0 Å². The van der Waals surface area contributed by atoms with Crippen LogP contribution in [0.4, 0.5) is 0 Å². The Hall–Kier alpha value is -2.87. The summed E-state index contributed by atoms with van der Waals surface area (Å²) in [6, 6.07) is 28.5. The Morgan fingerprint density at radius 3 is 2.00 bits per heavy atom. The summed E-state index contributed by atoms with van der Waals surface area (Å²) in [6.07, 6.45) is 0.667. The maximum atomic E-state index is 12.4. The van der Waals surface area contributed by atoms with Crippen LogP contribution in [0.3, 0.4) is 0 Å². The number of hydrogen-bond acceptors (Lipinski definition) is 2. The number of cyclic esters (lactones) is 1. The van der Waals surface area contributed by atoms with Crippen LogP contribution >= 0.6 is 0 Å². The van der Waals surface area contributed by atoms with E-state index in [-0.39, 0.29) is 11.9 Å². The second-order valence-electron chi connectivity index (χ2n) is 6.76. The molecular weight excluding hydrogens is 308 g/mol. The lowest BCUT2D eigenvalue weighted by Gasteiger charge is -2.23. The van der Waals surface area contributed by atoms with Crippen molar-refractivity contribution in [3.05, 3.63) is 96.1 Å². The highest BCUT2D eigenvalue weighted by Gasteiger charge is 2.45. The molecule has 3 aromatic carbocycles. The molecule has 2 nitrogen and oxygen atoms in total. The van der Waals surface area contributed by atoms with Gasteiger partial charge in [0, 0.05) is 6.42 Å². The first-order valence-corrected chi connectivity index (χ1v) is 8.59. The fraction of sp³-hybridized carbons (Fsp3) is 0.174. The third-order valence-electron chi connectivity index (χ3n) is 5.01. The molecule has 0 unspecified atom stereocenters. The van der Waals surface area contributed by atoms with Gasteiger partial charge < -0.3 is 4.74 Å². The van der Waals surface area contributed by atoms with E-state index in [1.165, 1.54) is 5.56 Å². The van der Waals surface area contributed by atoms with Crippen molar-refractivity contribution in [3.8, 4) is 11.1 Å². The molecule has 4 rings (SSSR count). The number of carbonyl (C=O) groups excluding carboxylic acids is 1. The van der Waals surface area contributed by atoms with E-state index in [0.29, 0.717) is 6.42 Å². The molecule has 1 aliphatic heterocycles. The zero-order chi connectivity index (χ0) is 17.3. The topological polar surface area (TPSA) is 26.3 Å². The number of carbonyl (C=O) groups is 1. The molecule has 0 saturated carbocycles. The summed E-state index contributed by atoms with van der Waals surface area (Å²) in [5.41, 5.74) is 3.84. The zero-order valence-corrected chi connectivity index (χ0v) is 14.2. The van der Waals surface area contributed by atoms with Gasteiger partial charge in [-0.25, -0.2) is 0 Å². The Balaban J connectivity index is 1.60. The minimum Gasteiger partial charge on any atom is -0.454 e. The summed E-state index contributed by atoms with van der Waals surface area (Å²) < 4.78 is 5.81. The highest BCUT2D eigenvalue weighted by Crippen LogP contribution is 2.44. The first-order valence-electron chi connectivity index (χ1n) is 8.59. The Kier molecular flexibility index (Phi) is 3.89. The average molecular weight is 328 g/mol. The van der Waals surface area contributed by atoms with Crippen molar-refractivity contribution in [1.29, 1.82) is 0 Å². The van der Waals surface area contributed by atoms with Crippen molar-refractivity contribution in [2.75, 3.05) is 0 Å². The van der Waals surface area contributed by atoms with Crippen LogP contribution in [0.5, 0.6) is 0 Å². The van der Waals surface area contributed by atoms with Crippen LogP contribution in [-0.4, -0.2) is 5.97 Å². The van der Waals surface area contributed by atoms with Crippen molar-refractivity contribution in [2.45, 2.75) is 24.9 Å². The van der Waals surface area contributed by atoms with Crippen LogP contribution in [-0.2, 0) is 15.1 Å². The SMILES string of the molecule is C[C@]1(c2ccc(-c3ccccc3)cc2)C[C@@H](c2ccccc2)C(=O)O1. The fourth-order valence-electron chi connectivity index (χ4n) is 3.57. The zero-order valence-electron chi connectivity index (χ0n) is 14.2. The quantitative estimate of drug-likeness (QED) is 0.610. The van der Waals surface area contributed by atoms with Gasteiger partial charge in [0.1, 0.15) is 5.60 Å². The number of ether oxygens (including phenoxy) is 1. The van der Waals surface area contributed by atoms with Crippen LogP contribution in [0.25, 0.3) is 11.1 Å². The van der Waals surface area contributed by atoms with Crippen LogP contribution < -0.4 is 0 Å². The molecule has 0 N–H and O–H groups in total. The lowest BCUT2D eigenvalue weighted by atomic mass is 9.85. The highest BCUT2D eigenvalue weighted by molar-refractivity contribution is 5.81. The van der Waals surface area contributed by atoms with Crippen molar-refractivity contribution in [1.82, 2.24) is 0 Å². The summed E-state index contributed by atoms with van der Waals surface area (Å²) in [7, 11) is 0. The van der Waals surface area contributed by atoms with Gasteiger partial charge in [-0.1, -0.05) is 84.9 Å². The van der Waals surface area contributed by atoms with Gasteiger partial charge in [0.15, 0.2) is 0 Å². The van der Waals surface area contributed by atoms with Crippen LogP contribution in [0.2, 0.25) is 0 Å². The van der Waals surface area contributed by atoms with Gasteiger partial charge in [0.25, 0.3) is 0 Å². The second kappa shape index (κ2) is 6.21. The molecule has 0 bridgehead atoms. The van der Waals surface area contributed by atoms with Gasteiger partial charge >= 0.3 is 5.97 Å². The van der Waals surface area contributed by atoms with Crippen molar-refractivity contribution >= 4 is 5.97 Å². The molecule has 3 aromatic rings. The molecule has 2 atom stereocenters. The monoisotopic (exact) mass is 328 g/mol. The Morgan fingerprint density at radius 2 is 1.36 bits per heavy atom. The van der Waals surface area contributed by atoms with E-state index in [9.17, 15) is 4.79 Å². The number of esters is 1. The minimum atomic E-state index is -0.577. The minimum absolute atomic E-state index is 0.138. The van der Waals surface area contributed by atoms with Crippen LogP contribution in [0.1, 0.15) is 30.4 Å². The molecular formula is C23H20O2. The fourth-order valence-corrected chi connectivity index (χ4v) is 3.57. The van der Waals surface area contributed by atoms with Crippen LogP contribution in [0, 0.1) is 0 Å². The van der Waals surface area contributed by atoms with Gasteiger partial charge in [0.2, 0.25) is 0 Å². The maximum absolute atomic E-state index is 12.4. The summed E-state index contributed by atoms with van der Waals surface area (Å²) >= 11 is 0. The second-order valence-corrected chi connectivity index (χ2v) is 6.76.